The Labute approximate surface area is 116 Å². The Hall–Kier alpha value is -0.830. The molecule has 18 heavy (non-hydrogen) atoms. The SMILES string of the molecule is OC(c1ccc2c(c1)CCCC2)c1sccc1Cl. The van der Waals surface area contributed by atoms with Gasteiger partial charge in [-0.1, -0.05) is 29.8 Å². The van der Waals surface area contributed by atoms with Gasteiger partial charge >= 0.3 is 0 Å². The average Bonchev–Trinajstić information content (AvgIpc) is 2.83. The van der Waals surface area contributed by atoms with Gasteiger partial charge in [0.25, 0.3) is 0 Å². The predicted molar refractivity (Wildman–Crippen MR) is 76.5 cm³/mol. The summed E-state index contributed by atoms with van der Waals surface area (Å²) in [5.41, 5.74) is 3.79. The van der Waals surface area contributed by atoms with E-state index in [0.29, 0.717) is 5.02 Å². The van der Waals surface area contributed by atoms with Gasteiger partial charge in [-0.25, -0.2) is 0 Å². The van der Waals surface area contributed by atoms with E-state index in [4.69, 9.17) is 11.6 Å². The third kappa shape index (κ3) is 2.20. The topological polar surface area (TPSA) is 20.2 Å². The monoisotopic (exact) mass is 278 g/mol. The lowest BCUT2D eigenvalue weighted by Gasteiger charge is -2.18. The number of fused-ring (bicyclic) bond motifs is 1. The van der Waals surface area contributed by atoms with Gasteiger partial charge in [0.2, 0.25) is 0 Å². The standard InChI is InChI=1S/C15H15ClOS/c16-13-7-8-18-15(13)14(17)12-6-5-10-3-1-2-4-11(10)9-12/h5-9,14,17H,1-4H2. The Morgan fingerprint density at radius 1 is 1.11 bits per heavy atom. The quantitative estimate of drug-likeness (QED) is 0.865. The Kier molecular flexibility index (Phi) is 3.42. The first-order valence-corrected chi connectivity index (χ1v) is 7.54. The van der Waals surface area contributed by atoms with Crippen molar-refractivity contribution in [2.24, 2.45) is 0 Å². The Bertz CT molecular complexity index is 561. The van der Waals surface area contributed by atoms with E-state index in [2.05, 4.69) is 12.1 Å². The molecule has 1 heterocycles. The average molecular weight is 279 g/mol. The van der Waals surface area contributed by atoms with Crippen LogP contribution in [0.4, 0.5) is 0 Å². The van der Waals surface area contributed by atoms with E-state index in [-0.39, 0.29) is 0 Å². The van der Waals surface area contributed by atoms with Gasteiger partial charge in [0.1, 0.15) is 6.10 Å². The number of rotatable bonds is 2. The van der Waals surface area contributed by atoms with Crippen molar-refractivity contribution in [2.45, 2.75) is 31.8 Å². The summed E-state index contributed by atoms with van der Waals surface area (Å²) >= 11 is 7.59. The highest BCUT2D eigenvalue weighted by Gasteiger charge is 2.17. The molecule has 3 rings (SSSR count). The molecule has 94 valence electrons. The Morgan fingerprint density at radius 2 is 1.89 bits per heavy atom. The lowest BCUT2D eigenvalue weighted by atomic mass is 9.89. The van der Waals surface area contributed by atoms with Crippen molar-refractivity contribution in [2.75, 3.05) is 0 Å². The highest BCUT2D eigenvalue weighted by atomic mass is 35.5. The molecule has 0 saturated carbocycles. The fraction of sp³-hybridized carbons (Fsp3) is 0.333. The summed E-state index contributed by atoms with van der Waals surface area (Å²) in [6.45, 7) is 0. The zero-order valence-electron chi connectivity index (χ0n) is 10.0. The van der Waals surface area contributed by atoms with Gasteiger partial charge in [-0.05, 0) is 53.8 Å². The molecule has 3 heteroatoms. The van der Waals surface area contributed by atoms with Crippen molar-refractivity contribution >= 4 is 22.9 Å². The van der Waals surface area contributed by atoms with Crippen LogP contribution in [-0.2, 0) is 12.8 Å². The lowest BCUT2D eigenvalue weighted by Crippen LogP contribution is -2.05. The molecule has 0 bridgehead atoms. The van der Waals surface area contributed by atoms with Crippen LogP contribution in [0.1, 0.15) is 40.5 Å². The van der Waals surface area contributed by atoms with Gasteiger partial charge in [0.15, 0.2) is 0 Å². The molecule has 1 aliphatic rings. The van der Waals surface area contributed by atoms with Gasteiger partial charge in [-0.2, -0.15) is 0 Å². The highest BCUT2D eigenvalue weighted by Crippen LogP contribution is 2.34. The predicted octanol–water partition coefficient (Wildman–Crippen LogP) is 4.36. The van der Waals surface area contributed by atoms with Crippen LogP contribution in [0.15, 0.2) is 29.6 Å². The third-order valence-electron chi connectivity index (χ3n) is 3.58. The van der Waals surface area contributed by atoms with Crippen molar-refractivity contribution in [3.63, 3.8) is 0 Å². The van der Waals surface area contributed by atoms with Crippen LogP contribution in [0.25, 0.3) is 0 Å². The number of hydrogen-bond acceptors (Lipinski definition) is 2. The van der Waals surface area contributed by atoms with Gasteiger partial charge in [0.05, 0.1) is 9.90 Å². The van der Waals surface area contributed by atoms with Crippen molar-refractivity contribution in [3.8, 4) is 0 Å². The summed E-state index contributed by atoms with van der Waals surface area (Å²) in [5.74, 6) is 0. The van der Waals surface area contributed by atoms with Gasteiger partial charge < -0.3 is 5.11 Å². The molecule has 2 aromatic rings. The van der Waals surface area contributed by atoms with E-state index >= 15 is 0 Å². The zero-order chi connectivity index (χ0) is 12.5. The van der Waals surface area contributed by atoms with E-state index in [9.17, 15) is 5.11 Å². The summed E-state index contributed by atoms with van der Waals surface area (Å²) in [6, 6.07) is 8.18. The molecular weight excluding hydrogens is 264 g/mol. The minimum atomic E-state index is -0.593. The second-order valence-electron chi connectivity index (χ2n) is 4.77. The van der Waals surface area contributed by atoms with Gasteiger partial charge in [-0.15, -0.1) is 11.3 Å². The first kappa shape index (κ1) is 12.2. The van der Waals surface area contributed by atoms with Crippen LogP contribution < -0.4 is 0 Å². The highest BCUT2D eigenvalue weighted by molar-refractivity contribution is 7.10. The van der Waals surface area contributed by atoms with Crippen LogP contribution in [0.2, 0.25) is 5.02 Å². The first-order chi connectivity index (χ1) is 8.75. The number of aryl methyl sites for hydroxylation is 2. The van der Waals surface area contributed by atoms with E-state index < -0.39 is 6.10 Å². The minimum Gasteiger partial charge on any atom is -0.383 e. The largest absolute Gasteiger partial charge is 0.383 e. The molecule has 1 aliphatic carbocycles. The first-order valence-electron chi connectivity index (χ1n) is 6.28. The van der Waals surface area contributed by atoms with Crippen LogP contribution in [0, 0.1) is 0 Å². The molecule has 0 spiro atoms. The molecule has 0 radical (unpaired) electrons. The van der Waals surface area contributed by atoms with Crippen molar-refractivity contribution < 1.29 is 5.11 Å². The van der Waals surface area contributed by atoms with Crippen LogP contribution in [-0.4, -0.2) is 5.11 Å². The molecule has 1 aromatic heterocycles. The zero-order valence-corrected chi connectivity index (χ0v) is 11.6. The van der Waals surface area contributed by atoms with Crippen molar-refractivity contribution in [3.05, 3.63) is 56.2 Å². The second-order valence-corrected chi connectivity index (χ2v) is 6.13. The van der Waals surface area contributed by atoms with E-state index in [1.165, 1.54) is 41.7 Å². The number of aliphatic hydroxyl groups excluding tert-OH is 1. The summed E-state index contributed by atoms with van der Waals surface area (Å²) in [5, 5.41) is 13.0. The van der Waals surface area contributed by atoms with E-state index in [1.54, 1.807) is 0 Å². The number of benzene rings is 1. The van der Waals surface area contributed by atoms with Gasteiger partial charge in [0, 0.05) is 0 Å². The van der Waals surface area contributed by atoms with Crippen molar-refractivity contribution in [1.29, 1.82) is 0 Å². The summed E-state index contributed by atoms with van der Waals surface area (Å²) in [6.07, 6.45) is 4.25. The number of thiophene rings is 1. The molecule has 1 aromatic carbocycles. The molecule has 0 amide bonds. The Balaban J connectivity index is 1.95. The summed E-state index contributed by atoms with van der Waals surface area (Å²) in [7, 11) is 0. The molecule has 0 fully saturated rings. The van der Waals surface area contributed by atoms with Crippen LogP contribution in [0.5, 0.6) is 0 Å². The summed E-state index contributed by atoms with van der Waals surface area (Å²) < 4.78 is 0. The molecule has 1 N–H and O–H groups in total. The fourth-order valence-electron chi connectivity index (χ4n) is 2.58. The maximum atomic E-state index is 10.4. The Morgan fingerprint density at radius 3 is 2.61 bits per heavy atom. The molecular formula is C15H15ClOS. The molecule has 0 saturated heterocycles. The van der Waals surface area contributed by atoms with Gasteiger partial charge in [-0.3, -0.25) is 0 Å². The molecule has 1 nitrogen and oxygen atoms in total. The normalized spacial score (nSPS) is 16.3. The lowest BCUT2D eigenvalue weighted by molar-refractivity contribution is 0.224. The van der Waals surface area contributed by atoms with E-state index in [0.717, 1.165) is 16.9 Å². The molecule has 1 atom stereocenters. The summed E-state index contributed by atoms with van der Waals surface area (Å²) in [4.78, 5) is 0.840. The van der Waals surface area contributed by atoms with Crippen LogP contribution >= 0.6 is 22.9 Å². The number of aliphatic hydroxyl groups is 1. The fourth-order valence-corrected chi connectivity index (χ4v) is 3.75. The smallest absolute Gasteiger partial charge is 0.115 e. The third-order valence-corrected chi connectivity index (χ3v) is 4.99. The van der Waals surface area contributed by atoms with Crippen molar-refractivity contribution in [1.82, 2.24) is 0 Å². The molecule has 1 unspecified atom stereocenters. The van der Waals surface area contributed by atoms with E-state index in [1.807, 2.05) is 17.5 Å². The number of halogens is 1. The maximum absolute atomic E-state index is 10.4. The minimum absolute atomic E-state index is 0.593. The molecule has 0 aliphatic heterocycles. The second kappa shape index (κ2) is 5.04. The number of hydrogen-bond donors (Lipinski definition) is 1. The maximum Gasteiger partial charge on any atom is 0.115 e. The van der Waals surface area contributed by atoms with Crippen LogP contribution in [0.3, 0.4) is 0 Å².